The first-order chi connectivity index (χ1) is 7.62. The lowest BCUT2D eigenvalue weighted by molar-refractivity contribution is -0.143. The molecule has 16 heavy (non-hydrogen) atoms. The van der Waals surface area contributed by atoms with Crippen LogP contribution in [0.2, 0.25) is 0 Å². The highest BCUT2D eigenvalue weighted by atomic mass is 79.9. The third-order valence-electron chi connectivity index (χ3n) is 3.01. The number of halogens is 1. The number of nitrogens with one attached hydrogen (secondary N) is 1. The highest BCUT2D eigenvalue weighted by molar-refractivity contribution is 9.10. The number of hydrogen-bond donors (Lipinski definition) is 2. The lowest BCUT2D eigenvalue weighted by Crippen LogP contribution is -2.29. The van der Waals surface area contributed by atoms with E-state index in [9.17, 15) is 4.79 Å². The molecule has 0 radical (unpaired) electrons. The minimum absolute atomic E-state index is 0.477. The van der Waals surface area contributed by atoms with Crippen molar-refractivity contribution in [2.75, 3.05) is 6.54 Å². The van der Waals surface area contributed by atoms with E-state index >= 15 is 0 Å². The zero-order valence-electron chi connectivity index (χ0n) is 8.87. The zero-order chi connectivity index (χ0) is 11.6. The van der Waals surface area contributed by atoms with Crippen molar-refractivity contribution in [1.82, 2.24) is 5.32 Å². The summed E-state index contributed by atoms with van der Waals surface area (Å²) >= 11 is 3.38. The van der Waals surface area contributed by atoms with Gasteiger partial charge >= 0.3 is 5.97 Å². The van der Waals surface area contributed by atoms with Gasteiger partial charge in [-0.15, -0.1) is 0 Å². The van der Waals surface area contributed by atoms with Gasteiger partial charge in [-0.1, -0.05) is 28.1 Å². The summed E-state index contributed by atoms with van der Waals surface area (Å²) in [6, 6.07) is 8.02. The number of hydrogen-bond acceptors (Lipinski definition) is 2. The van der Waals surface area contributed by atoms with E-state index in [1.54, 1.807) is 0 Å². The molecule has 2 rings (SSSR count). The van der Waals surface area contributed by atoms with Crippen molar-refractivity contribution in [2.24, 2.45) is 5.41 Å². The molecule has 0 amide bonds. The average Bonchev–Trinajstić information content (AvgIpc) is 3.02. The number of carbonyl (C=O) groups is 1. The molecule has 1 aliphatic carbocycles. The van der Waals surface area contributed by atoms with Gasteiger partial charge in [-0.3, -0.25) is 4.79 Å². The summed E-state index contributed by atoms with van der Waals surface area (Å²) in [6.45, 7) is 1.29. The van der Waals surface area contributed by atoms with Gasteiger partial charge in [0, 0.05) is 17.6 Å². The summed E-state index contributed by atoms with van der Waals surface area (Å²) in [7, 11) is 0. The van der Waals surface area contributed by atoms with Gasteiger partial charge in [-0.25, -0.2) is 0 Å². The van der Waals surface area contributed by atoms with Crippen LogP contribution < -0.4 is 5.32 Å². The summed E-state index contributed by atoms with van der Waals surface area (Å²) in [4.78, 5) is 10.9. The summed E-state index contributed by atoms with van der Waals surface area (Å²) in [5.74, 6) is -0.671. The predicted molar refractivity (Wildman–Crippen MR) is 65.2 cm³/mol. The van der Waals surface area contributed by atoms with Crippen LogP contribution in [0.3, 0.4) is 0 Å². The second-order valence-electron chi connectivity index (χ2n) is 4.32. The van der Waals surface area contributed by atoms with Crippen molar-refractivity contribution in [3.8, 4) is 0 Å². The molecule has 0 saturated heterocycles. The molecule has 86 valence electrons. The second kappa shape index (κ2) is 4.55. The molecule has 0 aromatic heterocycles. The van der Waals surface area contributed by atoms with Crippen LogP contribution >= 0.6 is 15.9 Å². The molecule has 1 aromatic carbocycles. The van der Waals surface area contributed by atoms with Gasteiger partial charge in [-0.05, 0) is 30.5 Å². The number of carboxylic acid groups (broad SMARTS) is 1. The van der Waals surface area contributed by atoms with Crippen LogP contribution in [-0.4, -0.2) is 17.6 Å². The summed E-state index contributed by atoms with van der Waals surface area (Å²) in [5, 5.41) is 12.2. The maximum Gasteiger partial charge on any atom is 0.310 e. The first kappa shape index (κ1) is 11.6. The van der Waals surface area contributed by atoms with Crippen LogP contribution in [0.5, 0.6) is 0 Å². The van der Waals surface area contributed by atoms with Crippen molar-refractivity contribution in [2.45, 2.75) is 19.4 Å². The Morgan fingerprint density at radius 2 is 2.00 bits per heavy atom. The Morgan fingerprint density at radius 1 is 1.38 bits per heavy atom. The Labute approximate surface area is 103 Å². The first-order valence-electron chi connectivity index (χ1n) is 5.31. The third-order valence-corrected chi connectivity index (χ3v) is 3.54. The molecular formula is C12H14BrNO2. The van der Waals surface area contributed by atoms with E-state index in [0.717, 1.165) is 23.9 Å². The smallest absolute Gasteiger partial charge is 0.310 e. The van der Waals surface area contributed by atoms with E-state index in [4.69, 9.17) is 5.11 Å². The first-order valence-corrected chi connectivity index (χ1v) is 6.10. The minimum Gasteiger partial charge on any atom is -0.481 e. The van der Waals surface area contributed by atoms with E-state index in [1.807, 2.05) is 24.3 Å². The lowest BCUT2D eigenvalue weighted by atomic mass is 10.1. The Morgan fingerprint density at radius 3 is 2.50 bits per heavy atom. The Hall–Kier alpha value is -0.870. The topological polar surface area (TPSA) is 49.3 Å². The molecule has 2 N–H and O–H groups in total. The van der Waals surface area contributed by atoms with Crippen LogP contribution in [0.15, 0.2) is 28.7 Å². The third kappa shape index (κ3) is 2.62. The van der Waals surface area contributed by atoms with Crippen molar-refractivity contribution in [3.63, 3.8) is 0 Å². The molecule has 0 bridgehead atoms. The van der Waals surface area contributed by atoms with Crippen LogP contribution in [0.4, 0.5) is 0 Å². The Bertz CT molecular complexity index is 385. The van der Waals surface area contributed by atoms with E-state index in [-0.39, 0.29) is 0 Å². The summed E-state index contributed by atoms with van der Waals surface area (Å²) < 4.78 is 1.06. The summed E-state index contributed by atoms with van der Waals surface area (Å²) in [6.07, 6.45) is 1.60. The number of aliphatic carboxylic acids is 1. The maximum absolute atomic E-state index is 10.9. The lowest BCUT2D eigenvalue weighted by Gasteiger charge is -2.10. The average molecular weight is 284 g/mol. The van der Waals surface area contributed by atoms with Crippen molar-refractivity contribution in [3.05, 3.63) is 34.3 Å². The van der Waals surface area contributed by atoms with Gasteiger partial charge in [-0.2, -0.15) is 0 Å². The molecule has 1 saturated carbocycles. The van der Waals surface area contributed by atoms with Crippen molar-refractivity contribution < 1.29 is 9.90 Å². The largest absolute Gasteiger partial charge is 0.481 e. The van der Waals surface area contributed by atoms with Gasteiger partial charge in [0.15, 0.2) is 0 Å². The fraction of sp³-hybridized carbons (Fsp3) is 0.417. The molecule has 0 heterocycles. The van der Waals surface area contributed by atoms with E-state index in [0.29, 0.717) is 6.54 Å². The molecule has 3 nitrogen and oxygen atoms in total. The Balaban J connectivity index is 1.80. The van der Waals surface area contributed by atoms with Crippen LogP contribution in [-0.2, 0) is 11.3 Å². The van der Waals surface area contributed by atoms with Crippen LogP contribution in [0.25, 0.3) is 0 Å². The highest BCUT2D eigenvalue weighted by Gasteiger charge is 2.49. The number of benzene rings is 1. The highest BCUT2D eigenvalue weighted by Crippen LogP contribution is 2.45. The molecule has 0 aliphatic heterocycles. The maximum atomic E-state index is 10.9. The normalized spacial score (nSPS) is 17.1. The minimum atomic E-state index is -0.671. The monoisotopic (exact) mass is 283 g/mol. The molecular weight excluding hydrogens is 270 g/mol. The van der Waals surface area contributed by atoms with E-state index in [2.05, 4.69) is 21.2 Å². The fourth-order valence-corrected chi connectivity index (χ4v) is 1.93. The summed E-state index contributed by atoms with van der Waals surface area (Å²) in [5.41, 5.74) is 0.694. The number of rotatable bonds is 5. The van der Waals surface area contributed by atoms with Gasteiger partial charge < -0.3 is 10.4 Å². The van der Waals surface area contributed by atoms with Gasteiger partial charge in [0.2, 0.25) is 0 Å². The van der Waals surface area contributed by atoms with Gasteiger partial charge in [0.1, 0.15) is 0 Å². The van der Waals surface area contributed by atoms with E-state index < -0.39 is 11.4 Å². The molecule has 1 aliphatic rings. The van der Waals surface area contributed by atoms with Gasteiger partial charge in [0.25, 0.3) is 0 Å². The molecule has 1 fully saturated rings. The second-order valence-corrected chi connectivity index (χ2v) is 5.23. The molecule has 0 atom stereocenters. The predicted octanol–water partition coefficient (Wildman–Crippen LogP) is 2.40. The number of carboxylic acids is 1. The molecule has 0 unspecified atom stereocenters. The van der Waals surface area contributed by atoms with Crippen LogP contribution in [0.1, 0.15) is 18.4 Å². The van der Waals surface area contributed by atoms with Crippen LogP contribution in [0, 0.1) is 5.41 Å². The molecule has 1 aromatic rings. The fourth-order valence-electron chi connectivity index (χ4n) is 1.67. The standard InChI is InChI=1S/C12H14BrNO2/c13-10-3-1-9(2-4-10)7-14-8-12(5-6-12)11(15)16/h1-4,14H,5-8H2,(H,15,16). The van der Waals surface area contributed by atoms with Crippen molar-refractivity contribution in [1.29, 1.82) is 0 Å². The quantitative estimate of drug-likeness (QED) is 0.873. The van der Waals surface area contributed by atoms with Crippen molar-refractivity contribution >= 4 is 21.9 Å². The molecule has 0 spiro atoms. The molecule has 4 heteroatoms. The SMILES string of the molecule is O=C(O)C1(CNCc2ccc(Br)cc2)CC1. The zero-order valence-corrected chi connectivity index (χ0v) is 10.5. The Kier molecular flexibility index (Phi) is 3.30. The van der Waals surface area contributed by atoms with E-state index in [1.165, 1.54) is 5.56 Å². The van der Waals surface area contributed by atoms with Gasteiger partial charge in [0.05, 0.1) is 5.41 Å².